The zero-order valence-corrected chi connectivity index (χ0v) is 16.9. The molecule has 0 radical (unpaired) electrons. The van der Waals surface area contributed by atoms with Gasteiger partial charge in [0, 0.05) is 21.8 Å². The summed E-state index contributed by atoms with van der Waals surface area (Å²) >= 11 is 17.0. The number of hydrogen-bond acceptors (Lipinski definition) is 3. The second kappa shape index (κ2) is 7.03. The molecule has 25 heavy (non-hydrogen) atoms. The topological polar surface area (TPSA) is 28.2 Å². The van der Waals surface area contributed by atoms with E-state index in [1.165, 1.54) is 4.88 Å². The first kappa shape index (κ1) is 17.0. The van der Waals surface area contributed by atoms with Gasteiger partial charge in [0.1, 0.15) is 0 Å². The lowest BCUT2D eigenvalue weighted by Crippen LogP contribution is -2.28. The SMILES string of the molecule is S=C1N[C@@H](c2ccccn2)[C@H](c2ccc(Br)s2)N1c1ccc(Cl)cc1. The zero-order chi connectivity index (χ0) is 17.4. The molecule has 1 N–H and O–H groups in total. The van der Waals surface area contributed by atoms with Crippen molar-refractivity contribution in [1.29, 1.82) is 0 Å². The minimum Gasteiger partial charge on any atom is -0.351 e. The van der Waals surface area contributed by atoms with Gasteiger partial charge in [-0.15, -0.1) is 11.3 Å². The summed E-state index contributed by atoms with van der Waals surface area (Å²) in [5, 5.41) is 4.84. The third-order valence-electron chi connectivity index (χ3n) is 4.09. The van der Waals surface area contributed by atoms with Crippen LogP contribution in [-0.2, 0) is 0 Å². The van der Waals surface area contributed by atoms with Gasteiger partial charge in [-0.3, -0.25) is 4.98 Å². The number of anilines is 1. The van der Waals surface area contributed by atoms with Gasteiger partial charge in [-0.1, -0.05) is 17.7 Å². The smallest absolute Gasteiger partial charge is 0.174 e. The summed E-state index contributed by atoms with van der Waals surface area (Å²) in [6.07, 6.45) is 1.81. The van der Waals surface area contributed by atoms with E-state index in [9.17, 15) is 0 Å². The van der Waals surface area contributed by atoms with E-state index in [1.807, 2.05) is 48.7 Å². The predicted octanol–water partition coefficient (Wildman–Crippen LogP) is 5.74. The normalized spacial score (nSPS) is 19.9. The molecule has 0 unspecified atom stereocenters. The average molecular weight is 451 g/mol. The molecule has 0 bridgehead atoms. The molecular weight excluding hydrogens is 438 g/mol. The van der Waals surface area contributed by atoms with E-state index in [0.29, 0.717) is 10.1 Å². The highest BCUT2D eigenvalue weighted by Crippen LogP contribution is 2.44. The van der Waals surface area contributed by atoms with Gasteiger partial charge < -0.3 is 10.2 Å². The summed E-state index contributed by atoms with van der Waals surface area (Å²) in [5.74, 6) is 0. The van der Waals surface area contributed by atoms with Crippen molar-refractivity contribution in [1.82, 2.24) is 10.3 Å². The molecule has 2 aromatic heterocycles. The first-order valence-corrected chi connectivity index (χ1v) is 10.0. The van der Waals surface area contributed by atoms with E-state index in [2.05, 4.69) is 43.3 Å². The van der Waals surface area contributed by atoms with E-state index in [4.69, 9.17) is 23.8 Å². The van der Waals surface area contributed by atoms with Crippen LogP contribution in [0, 0.1) is 0 Å². The van der Waals surface area contributed by atoms with Gasteiger partial charge in [-0.05, 0) is 76.7 Å². The Labute approximate surface area is 168 Å². The molecular formula is C18H13BrClN3S2. The lowest BCUT2D eigenvalue weighted by Gasteiger charge is -2.26. The van der Waals surface area contributed by atoms with Gasteiger partial charge in [-0.2, -0.15) is 0 Å². The Balaban J connectivity index is 1.81. The van der Waals surface area contributed by atoms with Crippen LogP contribution in [0.2, 0.25) is 5.02 Å². The van der Waals surface area contributed by atoms with Crippen LogP contribution in [0.5, 0.6) is 0 Å². The number of hydrogen-bond donors (Lipinski definition) is 1. The number of aromatic nitrogens is 1. The van der Waals surface area contributed by atoms with Gasteiger partial charge in [0.15, 0.2) is 5.11 Å². The molecule has 1 saturated heterocycles. The van der Waals surface area contributed by atoms with Crippen LogP contribution in [0.4, 0.5) is 5.69 Å². The van der Waals surface area contributed by atoms with Crippen molar-refractivity contribution in [3.8, 4) is 0 Å². The van der Waals surface area contributed by atoms with Crippen LogP contribution in [0.15, 0.2) is 64.6 Å². The largest absolute Gasteiger partial charge is 0.351 e. The molecule has 3 nitrogen and oxygen atoms in total. The zero-order valence-electron chi connectivity index (χ0n) is 12.9. The number of nitrogens with one attached hydrogen (secondary N) is 1. The fraction of sp³-hybridized carbons (Fsp3) is 0.111. The van der Waals surface area contributed by atoms with Gasteiger partial charge in [0.2, 0.25) is 0 Å². The number of rotatable bonds is 3. The van der Waals surface area contributed by atoms with Gasteiger partial charge in [0.05, 0.1) is 21.6 Å². The summed E-state index contributed by atoms with van der Waals surface area (Å²) in [6, 6.07) is 17.9. The number of halogens is 2. The number of nitrogens with zero attached hydrogens (tertiary/aromatic N) is 2. The van der Waals surface area contributed by atoms with E-state index in [-0.39, 0.29) is 12.1 Å². The molecule has 1 aromatic carbocycles. The Morgan fingerprint density at radius 3 is 2.56 bits per heavy atom. The van der Waals surface area contributed by atoms with E-state index in [1.54, 1.807) is 11.3 Å². The summed E-state index contributed by atoms with van der Waals surface area (Å²) in [7, 11) is 0. The second-order valence-corrected chi connectivity index (χ2v) is 8.93. The number of thiophene rings is 1. The quantitative estimate of drug-likeness (QED) is 0.515. The Bertz CT molecular complexity index is 898. The molecule has 0 amide bonds. The third kappa shape index (κ3) is 3.31. The molecule has 7 heteroatoms. The lowest BCUT2D eigenvalue weighted by molar-refractivity contribution is 0.575. The molecule has 1 aliphatic heterocycles. The monoisotopic (exact) mass is 449 g/mol. The van der Waals surface area contributed by atoms with Crippen molar-refractivity contribution in [2.75, 3.05) is 4.90 Å². The molecule has 2 atom stereocenters. The van der Waals surface area contributed by atoms with Crippen LogP contribution >= 0.6 is 51.1 Å². The standard InChI is InChI=1S/C18H13BrClN3S2/c19-15-9-8-14(25-15)17-16(13-3-1-2-10-21-13)22-18(24)23(17)12-6-4-11(20)5-7-12/h1-10,16-17H,(H,22,24)/t16-,17-/m0/s1. The van der Waals surface area contributed by atoms with Crippen LogP contribution in [-0.4, -0.2) is 10.1 Å². The Hall–Kier alpha value is -1.47. The van der Waals surface area contributed by atoms with Crippen molar-refractivity contribution in [3.05, 3.63) is 80.2 Å². The van der Waals surface area contributed by atoms with Crippen LogP contribution in [0.1, 0.15) is 22.7 Å². The summed E-state index contributed by atoms with van der Waals surface area (Å²) in [6.45, 7) is 0. The molecule has 126 valence electrons. The van der Waals surface area contributed by atoms with E-state index < -0.39 is 0 Å². The third-order valence-corrected chi connectivity index (χ3v) is 6.35. The van der Waals surface area contributed by atoms with Crippen LogP contribution in [0.3, 0.4) is 0 Å². The maximum Gasteiger partial charge on any atom is 0.174 e. The molecule has 1 fully saturated rings. The van der Waals surface area contributed by atoms with Crippen molar-refractivity contribution in [2.45, 2.75) is 12.1 Å². The minimum atomic E-state index is -0.0186. The summed E-state index contributed by atoms with van der Waals surface area (Å²) in [4.78, 5) is 7.90. The second-order valence-electron chi connectivity index (χ2n) is 5.61. The van der Waals surface area contributed by atoms with Crippen LogP contribution in [0.25, 0.3) is 0 Å². The first-order chi connectivity index (χ1) is 12.1. The number of pyridine rings is 1. The highest BCUT2D eigenvalue weighted by Gasteiger charge is 2.41. The average Bonchev–Trinajstić information content (AvgIpc) is 3.20. The molecule has 0 saturated carbocycles. The fourth-order valence-corrected chi connectivity index (χ4v) is 5.04. The highest BCUT2D eigenvalue weighted by molar-refractivity contribution is 9.11. The molecule has 0 spiro atoms. The molecule has 0 aliphatic carbocycles. The Morgan fingerprint density at radius 1 is 1.12 bits per heavy atom. The van der Waals surface area contributed by atoms with Gasteiger partial charge >= 0.3 is 0 Å². The van der Waals surface area contributed by atoms with Gasteiger partial charge in [-0.25, -0.2) is 0 Å². The van der Waals surface area contributed by atoms with Crippen molar-refractivity contribution >= 4 is 61.9 Å². The number of benzene rings is 1. The molecule has 4 rings (SSSR count). The van der Waals surface area contributed by atoms with Crippen molar-refractivity contribution < 1.29 is 0 Å². The van der Waals surface area contributed by atoms with Crippen molar-refractivity contribution in [2.24, 2.45) is 0 Å². The predicted molar refractivity (Wildman–Crippen MR) is 111 cm³/mol. The van der Waals surface area contributed by atoms with Crippen molar-refractivity contribution in [3.63, 3.8) is 0 Å². The number of thiocarbonyl (C=S) groups is 1. The summed E-state index contributed by atoms with van der Waals surface area (Å²) < 4.78 is 1.09. The molecule has 3 aromatic rings. The van der Waals surface area contributed by atoms with E-state index >= 15 is 0 Å². The van der Waals surface area contributed by atoms with Crippen LogP contribution < -0.4 is 10.2 Å². The maximum absolute atomic E-state index is 6.05. The van der Waals surface area contributed by atoms with E-state index in [0.717, 1.165) is 15.2 Å². The molecule has 3 heterocycles. The van der Waals surface area contributed by atoms with Gasteiger partial charge in [0.25, 0.3) is 0 Å². The summed E-state index contributed by atoms with van der Waals surface area (Å²) in [5.41, 5.74) is 1.98. The maximum atomic E-state index is 6.05. The molecule has 1 aliphatic rings. The lowest BCUT2D eigenvalue weighted by atomic mass is 10.0. The highest BCUT2D eigenvalue weighted by atomic mass is 79.9. The first-order valence-electron chi connectivity index (χ1n) is 7.65. The minimum absolute atomic E-state index is 0.0186. The Morgan fingerprint density at radius 2 is 1.92 bits per heavy atom. The Kier molecular flexibility index (Phi) is 4.78. The fourth-order valence-electron chi connectivity index (χ4n) is 3.01.